The monoisotopic (exact) mass is 364 g/mol. The Hall–Kier alpha value is -2.35. The zero-order valence-electron chi connectivity index (χ0n) is 14.3. The lowest BCUT2D eigenvalue weighted by Gasteiger charge is -2.08. The number of carbonyl (C=O) groups excluding carboxylic acids is 1. The molecule has 140 valence electrons. The summed E-state index contributed by atoms with van der Waals surface area (Å²) in [4.78, 5) is 12.0. The number of rotatable bonds is 10. The van der Waals surface area contributed by atoms with E-state index in [0.29, 0.717) is 50.6 Å². The summed E-state index contributed by atoms with van der Waals surface area (Å²) in [6.07, 6.45) is 0. The first-order valence-electron chi connectivity index (χ1n) is 8.31. The van der Waals surface area contributed by atoms with Crippen LogP contribution < -0.4 is 11.1 Å². The van der Waals surface area contributed by atoms with Gasteiger partial charge in [-0.3, -0.25) is 4.79 Å². The van der Waals surface area contributed by atoms with E-state index in [1.165, 1.54) is 42.5 Å². The Balaban J connectivity index is 1.80. The molecule has 0 aliphatic rings. The summed E-state index contributed by atoms with van der Waals surface area (Å²) < 4.78 is 38.0. The molecule has 0 saturated carbocycles. The molecule has 0 radical (unpaired) electrons. The maximum absolute atomic E-state index is 13.8. The molecule has 2 aromatic rings. The van der Waals surface area contributed by atoms with Gasteiger partial charge in [-0.1, -0.05) is 18.2 Å². The number of nitrogens with two attached hydrogens (primary N) is 1. The van der Waals surface area contributed by atoms with Gasteiger partial charge in [0.2, 0.25) is 0 Å². The molecule has 0 bridgehead atoms. The number of benzene rings is 2. The van der Waals surface area contributed by atoms with Crippen LogP contribution in [-0.2, 0) is 9.47 Å². The first-order valence-corrected chi connectivity index (χ1v) is 8.31. The minimum absolute atomic E-state index is 0.107. The van der Waals surface area contributed by atoms with Crippen LogP contribution >= 0.6 is 0 Å². The number of ether oxygens (including phenoxy) is 2. The average molecular weight is 364 g/mol. The highest BCUT2D eigenvalue weighted by Gasteiger charge is 2.12. The van der Waals surface area contributed by atoms with Gasteiger partial charge >= 0.3 is 0 Å². The number of nitrogens with one attached hydrogen (secondary N) is 1. The highest BCUT2D eigenvalue weighted by molar-refractivity contribution is 5.94. The Kier molecular flexibility index (Phi) is 8.14. The van der Waals surface area contributed by atoms with Crippen molar-refractivity contribution in [2.75, 3.05) is 39.5 Å². The highest BCUT2D eigenvalue weighted by Crippen LogP contribution is 2.26. The normalized spacial score (nSPS) is 10.7. The molecule has 0 aliphatic carbocycles. The zero-order valence-corrected chi connectivity index (χ0v) is 14.3. The third-order valence-electron chi connectivity index (χ3n) is 3.56. The summed E-state index contributed by atoms with van der Waals surface area (Å²) in [7, 11) is 0. The Labute approximate surface area is 151 Å². The fourth-order valence-electron chi connectivity index (χ4n) is 2.31. The molecule has 0 heterocycles. The van der Waals surface area contributed by atoms with Gasteiger partial charge in [-0.25, -0.2) is 8.78 Å². The van der Waals surface area contributed by atoms with E-state index < -0.39 is 11.6 Å². The van der Waals surface area contributed by atoms with Gasteiger partial charge in [-0.15, -0.1) is 0 Å². The summed E-state index contributed by atoms with van der Waals surface area (Å²) >= 11 is 0. The van der Waals surface area contributed by atoms with Crippen LogP contribution in [0.5, 0.6) is 0 Å². The van der Waals surface area contributed by atoms with Gasteiger partial charge in [0, 0.05) is 18.7 Å². The van der Waals surface area contributed by atoms with Gasteiger partial charge in [0.1, 0.15) is 11.6 Å². The lowest BCUT2D eigenvalue weighted by Crippen LogP contribution is -2.27. The molecule has 0 spiro atoms. The molecule has 2 rings (SSSR count). The number of hydrogen-bond acceptors (Lipinski definition) is 4. The predicted molar refractivity (Wildman–Crippen MR) is 94.8 cm³/mol. The number of carbonyl (C=O) groups is 1. The van der Waals surface area contributed by atoms with Crippen molar-refractivity contribution in [2.24, 2.45) is 5.73 Å². The summed E-state index contributed by atoms with van der Waals surface area (Å²) in [6, 6.07) is 9.78. The quantitative estimate of drug-likeness (QED) is 0.635. The van der Waals surface area contributed by atoms with Crippen molar-refractivity contribution in [3.8, 4) is 11.1 Å². The zero-order chi connectivity index (χ0) is 18.8. The van der Waals surface area contributed by atoms with E-state index >= 15 is 0 Å². The molecule has 5 nitrogen and oxygen atoms in total. The Morgan fingerprint density at radius 1 is 0.923 bits per heavy atom. The van der Waals surface area contributed by atoms with Gasteiger partial charge < -0.3 is 20.5 Å². The maximum Gasteiger partial charge on any atom is 0.251 e. The van der Waals surface area contributed by atoms with Gasteiger partial charge in [0.05, 0.1) is 32.0 Å². The van der Waals surface area contributed by atoms with Crippen LogP contribution in [0.4, 0.5) is 8.78 Å². The van der Waals surface area contributed by atoms with Crippen LogP contribution in [0.2, 0.25) is 0 Å². The fourth-order valence-corrected chi connectivity index (χ4v) is 2.31. The second-order valence-corrected chi connectivity index (χ2v) is 5.44. The number of hydrogen-bond donors (Lipinski definition) is 2. The van der Waals surface area contributed by atoms with Crippen molar-refractivity contribution >= 4 is 5.91 Å². The second-order valence-electron chi connectivity index (χ2n) is 5.44. The molecule has 0 aliphatic heterocycles. The molecule has 0 saturated heterocycles. The molecule has 0 fully saturated rings. The summed E-state index contributed by atoms with van der Waals surface area (Å²) in [5.41, 5.74) is 5.95. The Morgan fingerprint density at radius 2 is 1.54 bits per heavy atom. The third kappa shape index (κ3) is 5.87. The first-order chi connectivity index (χ1) is 12.6. The molecule has 7 heteroatoms. The molecule has 0 atom stereocenters. The molecule has 0 aromatic heterocycles. The van der Waals surface area contributed by atoms with Gasteiger partial charge in [-0.2, -0.15) is 0 Å². The van der Waals surface area contributed by atoms with Gasteiger partial charge in [0.25, 0.3) is 5.91 Å². The van der Waals surface area contributed by atoms with Gasteiger partial charge in [-0.05, 0) is 29.8 Å². The standard InChI is InChI=1S/C19H22F2N2O3/c20-16-2-1-3-17(21)18(16)14-4-6-15(7-5-14)19(24)23-9-11-26-13-12-25-10-8-22/h1-7H,8-13,22H2,(H,23,24). The van der Waals surface area contributed by atoms with Crippen LogP contribution in [0.15, 0.2) is 42.5 Å². The minimum atomic E-state index is -0.644. The molecular weight excluding hydrogens is 342 g/mol. The van der Waals surface area contributed by atoms with E-state index in [-0.39, 0.29) is 11.5 Å². The van der Waals surface area contributed by atoms with Crippen LogP contribution in [0.3, 0.4) is 0 Å². The topological polar surface area (TPSA) is 73.6 Å². The summed E-state index contributed by atoms with van der Waals surface area (Å²) in [6.45, 7) is 2.55. The van der Waals surface area contributed by atoms with Crippen molar-refractivity contribution in [2.45, 2.75) is 0 Å². The van der Waals surface area contributed by atoms with Crippen LogP contribution in [0.1, 0.15) is 10.4 Å². The average Bonchev–Trinajstić information content (AvgIpc) is 2.64. The molecule has 26 heavy (non-hydrogen) atoms. The summed E-state index contributed by atoms with van der Waals surface area (Å²) in [5.74, 6) is -1.57. The number of amides is 1. The highest BCUT2D eigenvalue weighted by atomic mass is 19.1. The van der Waals surface area contributed by atoms with E-state index in [4.69, 9.17) is 15.2 Å². The lowest BCUT2D eigenvalue weighted by atomic mass is 10.0. The largest absolute Gasteiger partial charge is 0.378 e. The number of halogens is 2. The predicted octanol–water partition coefficient (Wildman–Crippen LogP) is 2.35. The molecule has 2 aromatic carbocycles. The molecule has 1 amide bonds. The molecule has 0 unspecified atom stereocenters. The van der Waals surface area contributed by atoms with Crippen LogP contribution in [-0.4, -0.2) is 45.4 Å². The SMILES string of the molecule is NCCOCCOCCNC(=O)c1ccc(-c2c(F)cccc2F)cc1. The molecule has 3 N–H and O–H groups in total. The van der Waals surface area contributed by atoms with E-state index in [1.54, 1.807) is 0 Å². The summed E-state index contributed by atoms with van der Waals surface area (Å²) in [5, 5.41) is 2.71. The molecular formula is C19H22F2N2O3. The van der Waals surface area contributed by atoms with Crippen molar-refractivity contribution < 1.29 is 23.0 Å². The van der Waals surface area contributed by atoms with E-state index in [1.807, 2.05) is 0 Å². The second kappa shape index (κ2) is 10.6. The lowest BCUT2D eigenvalue weighted by molar-refractivity contribution is 0.0511. The Morgan fingerprint density at radius 3 is 2.15 bits per heavy atom. The van der Waals surface area contributed by atoms with E-state index in [9.17, 15) is 13.6 Å². The van der Waals surface area contributed by atoms with Crippen molar-refractivity contribution in [1.82, 2.24) is 5.32 Å². The minimum Gasteiger partial charge on any atom is -0.378 e. The third-order valence-corrected chi connectivity index (χ3v) is 3.56. The maximum atomic E-state index is 13.8. The van der Waals surface area contributed by atoms with Crippen molar-refractivity contribution in [1.29, 1.82) is 0 Å². The smallest absolute Gasteiger partial charge is 0.251 e. The first kappa shape index (κ1) is 20.0. The van der Waals surface area contributed by atoms with E-state index in [2.05, 4.69) is 5.32 Å². The van der Waals surface area contributed by atoms with Crippen molar-refractivity contribution in [3.05, 3.63) is 59.7 Å². The fraction of sp³-hybridized carbons (Fsp3) is 0.316. The Bertz CT molecular complexity index is 688. The van der Waals surface area contributed by atoms with Gasteiger partial charge in [0.15, 0.2) is 0 Å². The van der Waals surface area contributed by atoms with Crippen LogP contribution in [0.25, 0.3) is 11.1 Å². The van der Waals surface area contributed by atoms with Crippen LogP contribution in [0, 0.1) is 11.6 Å². The van der Waals surface area contributed by atoms with E-state index in [0.717, 1.165) is 0 Å². The van der Waals surface area contributed by atoms with Crippen molar-refractivity contribution in [3.63, 3.8) is 0 Å².